The molecule has 1 aromatic rings. The number of carbonyl (C=O) groups excluding carboxylic acids is 1. The maximum Gasteiger partial charge on any atom is 0.251 e. The van der Waals surface area contributed by atoms with E-state index in [0.29, 0.717) is 6.42 Å². The highest BCUT2D eigenvalue weighted by molar-refractivity contribution is 7.90. The number of amides is 1. The van der Waals surface area contributed by atoms with Gasteiger partial charge in [-0.15, -0.1) is 0 Å². The van der Waals surface area contributed by atoms with Crippen LogP contribution in [0.1, 0.15) is 16.8 Å². The number of rotatable bonds is 6. The zero-order valence-corrected chi connectivity index (χ0v) is 12.5. The van der Waals surface area contributed by atoms with Crippen molar-refractivity contribution in [3.8, 4) is 0 Å². The Hall–Kier alpha value is -1.45. The van der Waals surface area contributed by atoms with Gasteiger partial charge in [-0.25, -0.2) is 22.0 Å². The monoisotopic (exact) mass is 320 g/mol. The number of hydrogen-bond donors (Lipinski definition) is 2. The molecule has 0 fully saturated rings. The van der Waals surface area contributed by atoms with Gasteiger partial charge < -0.3 is 5.32 Å². The number of nitrogens with one attached hydrogen (secondary N) is 1. The predicted octanol–water partition coefficient (Wildman–Crippen LogP) is -0.501. The fraction of sp³-hybridized carbons (Fsp3) is 0.364. The second kappa shape index (κ2) is 6.33. The van der Waals surface area contributed by atoms with Crippen LogP contribution in [0.15, 0.2) is 29.2 Å². The lowest BCUT2D eigenvalue weighted by atomic mass is 10.2. The summed E-state index contributed by atoms with van der Waals surface area (Å²) in [7, 11) is -6.82. The SMILES string of the molecule is CS(=O)(=O)CCCNC(=O)c1ccc(S(N)(=O)=O)cc1. The summed E-state index contributed by atoms with van der Waals surface area (Å²) < 4.78 is 43.9. The third kappa shape index (κ3) is 5.68. The molecule has 0 radical (unpaired) electrons. The van der Waals surface area contributed by atoms with Crippen LogP contribution >= 0.6 is 0 Å². The fourth-order valence-corrected chi connectivity index (χ4v) is 2.62. The van der Waals surface area contributed by atoms with Crippen LogP contribution in [0.3, 0.4) is 0 Å². The number of primary sulfonamides is 1. The number of nitrogens with two attached hydrogens (primary N) is 1. The van der Waals surface area contributed by atoms with Crippen molar-refractivity contribution in [1.82, 2.24) is 5.32 Å². The molecule has 7 nitrogen and oxygen atoms in total. The summed E-state index contributed by atoms with van der Waals surface area (Å²) in [4.78, 5) is 11.6. The predicted molar refractivity (Wildman–Crippen MR) is 74.5 cm³/mol. The molecule has 0 bridgehead atoms. The van der Waals surface area contributed by atoms with Gasteiger partial charge in [0.1, 0.15) is 9.84 Å². The first-order valence-corrected chi connectivity index (χ1v) is 9.29. The van der Waals surface area contributed by atoms with Crippen molar-refractivity contribution in [2.24, 2.45) is 5.14 Å². The minimum absolute atomic E-state index is 0.00235. The summed E-state index contributed by atoms with van der Waals surface area (Å²) in [6.45, 7) is 0.225. The highest BCUT2D eigenvalue weighted by Gasteiger charge is 2.10. The molecule has 0 aromatic heterocycles. The van der Waals surface area contributed by atoms with Gasteiger partial charge in [-0.05, 0) is 30.7 Å². The molecule has 0 aliphatic heterocycles. The molecule has 1 rings (SSSR count). The lowest BCUT2D eigenvalue weighted by Crippen LogP contribution is -2.26. The first-order valence-electron chi connectivity index (χ1n) is 5.68. The number of benzene rings is 1. The first-order chi connectivity index (χ1) is 9.09. The normalized spacial score (nSPS) is 12.1. The van der Waals surface area contributed by atoms with E-state index in [2.05, 4.69) is 5.32 Å². The van der Waals surface area contributed by atoms with E-state index < -0.39 is 25.8 Å². The molecule has 1 aromatic carbocycles. The molecule has 3 N–H and O–H groups in total. The van der Waals surface area contributed by atoms with E-state index in [1.807, 2.05) is 0 Å². The molecule has 0 saturated carbocycles. The summed E-state index contributed by atoms with van der Waals surface area (Å²) in [5.74, 6) is -0.406. The van der Waals surface area contributed by atoms with Gasteiger partial charge in [-0.1, -0.05) is 0 Å². The molecule has 0 spiro atoms. The molecule has 0 aliphatic carbocycles. The summed E-state index contributed by atoms with van der Waals surface area (Å²) in [5, 5.41) is 7.48. The Morgan fingerprint density at radius 1 is 1.15 bits per heavy atom. The van der Waals surface area contributed by atoms with Gasteiger partial charge in [-0.2, -0.15) is 0 Å². The van der Waals surface area contributed by atoms with Crippen LogP contribution in [0, 0.1) is 0 Å². The molecule has 20 heavy (non-hydrogen) atoms. The standard InChI is InChI=1S/C11H16N2O5S2/c1-19(15,16)8-2-7-13-11(14)9-3-5-10(6-4-9)20(12,17)18/h3-6H,2,7-8H2,1H3,(H,13,14)(H2,12,17,18). The van der Waals surface area contributed by atoms with Crippen molar-refractivity contribution in [3.05, 3.63) is 29.8 Å². The van der Waals surface area contributed by atoms with E-state index >= 15 is 0 Å². The number of hydrogen-bond acceptors (Lipinski definition) is 5. The summed E-state index contributed by atoms with van der Waals surface area (Å²) in [6.07, 6.45) is 1.45. The van der Waals surface area contributed by atoms with Crippen LogP contribution in [-0.4, -0.2) is 41.3 Å². The van der Waals surface area contributed by atoms with Gasteiger partial charge in [0.15, 0.2) is 0 Å². The molecule has 0 saturated heterocycles. The highest BCUT2D eigenvalue weighted by atomic mass is 32.2. The van der Waals surface area contributed by atoms with E-state index in [1.165, 1.54) is 24.3 Å². The maximum atomic E-state index is 11.7. The largest absolute Gasteiger partial charge is 0.352 e. The summed E-state index contributed by atoms with van der Waals surface area (Å²) >= 11 is 0. The van der Waals surface area contributed by atoms with Crippen LogP contribution in [0.2, 0.25) is 0 Å². The zero-order chi connectivity index (χ0) is 15.4. The fourth-order valence-electron chi connectivity index (χ4n) is 1.43. The van der Waals surface area contributed by atoms with Gasteiger partial charge >= 0.3 is 0 Å². The molecule has 0 heterocycles. The van der Waals surface area contributed by atoms with E-state index in [4.69, 9.17) is 5.14 Å². The summed E-state index contributed by atoms with van der Waals surface area (Å²) in [6, 6.07) is 5.15. The van der Waals surface area contributed by atoms with Crippen molar-refractivity contribution >= 4 is 25.8 Å². The number of carbonyl (C=O) groups is 1. The Kier molecular flexibility index (Phi) is 5.26. The Balaban J connectivity index is 2.57. The van der Waals surface area contributed by atoms with Gasteiger partial charge in [0.25, 0.3) is 5.91 Å². The molecule has 9 heteroatoms. The van der Waals surface area contributed by atoms with Crippen LogP contribution in [0.5, 0.6) is 0 Å². The molecule has 1 amide bonds. The Morgan fingerprint density at radius 3 is 2.15 bits per heavy atom. The second-order valence-electron chi connectivity index (χ2n) is 4.31. The van der Waals surface area contributed by atoms with Crippen molar-refractivity contribution in [1.29, 1.82) is 0 Å². The summed E-state index contributed by atoms with van der Waals surface area (Å²) in [5.41, 5.74) is 0.275. The van der Waals surface area contributed by atoms with E-state index in [9.17, 15) is 21.6 Å². The highest BCUT2D eigenvalue weighted by Crippen LogP contribution is 2.08. The zero-order valence-electron chi connectivity index (χ0n) is 10.9. The minimum Gasteiger partial charge on any atom is -0.352 e. The minimum atomic E-state index is -3.78. The third-order valence-electron chi connectivity index (χ3n) is 2.42. The third-order valence-corrected chi connectivity index (χ3v) is 4.38. The van der Waals surface area contributed by atoms with Crippen molar-refractivity contribution in [2.45, 2.75) is 11.3 Å². The Bertz CT molecular complexity index is 678. The topological polar surface area (TPSA) is 123 Å². The Labute approximate surface area is 118 Å². The molecule has 0 unspecified atom stereocenters. The van der Waals surface area contributed by atoms with Crippen LogP contribution in [0.25, 0.3) is 0 Å². The van der Waals surface area contributed by atoms with E-state index in [0.717, 1.165) is 6.26 Å². The maximum absolute atomic E-state index is 11.7. The van der Waals surface area contributed by atoms with Crippen molar-refractivity contribution in [3.63, 3.8) is 0 Å². The van der Waals surface area contributed by atoms with Gasteiger partial charge in [0, 0.05) is 18.4 Å². The molecular weight excluding hydrogens is 304 g/mol. The van der Waals surface area contributed by atoms with Gasteiger partial charge in [0.05, 0.1) is 10.6 Å². The Morgan fingerprint density at radius 2 is 1.70 bits per heavy atom. The smallest absolute Gasteiger partial charge is 0.251 e. The van der Waals surface area contributed by atoms with Gasteiger partial charge in [-0.3, -0.25) is 4.79 Å². The average molecular weight is 320 g/mol. The van der Waals surface area contributed by atoms with Crippen LogP contribution in [-0.2, 0) is 19.9 Å². The van der Waals surface area contributed by atoms with Gasteiger partial charge in [0.2, 0.25) is 10.0 Å². The molecule has 0 atom stereocenters. The molecular formula is C11H16N2O5S2. The quantitative estimate of drug-likeness (QED) is 0.684. The van der Waals surface area contributed by atoms with Crippen LogP contribution < -0.4 is 10.5 Å². The molecule has 0 aliphatic rings. The van der Waals surface area contributed by atoms with Crippen molar-refractivity contribution < 1.29 is 21.6 Å². The average Bonchev–Trinajstić information content (AvgIpc) is 2.32. The van der Waals surface area contributed by atoms with Crippen LogP contribution in [0.4, 0.5) is 0 Å². The first kappa shape index (κ1) is 16.6. The number of sulfone groups is 1. The van der Waals surface area contributed by atoms with Crippen molar-refractivity contribution in [2.75, 3.05) is 18.6 Å². The lowest BCUT2D eigenvalue weighted by molar-refractivity contribution is 0.0953. The second-order valence-corrected chi connectivity index (χ2v) is 8.13. The van der Waals surface area contributed by atoms with E-state index in [-0.39, 0.29) is 22.8 Å². The van der Waals surface area contributed by atoms with E-state index in [1.54, 1.807) is 0 Å². The lowest BCUT2D eigenvalue weighted by Gasteiger charge is -2.05. The molecule has 112 valence electrons. The number of sulfonamides is 1.